The van der Waals surface area contributed by atoms with Gasteiger partial charge in [-0.05, 0) is 0 Å². The van der Waals surface area contributed by atoms with Gasteiger partial charge in [0.15, 0.2) is 5.96 Å². The van der Waals surface area contributed by atoms with Crippen LogP contribution in [0.2, 0.25) is 0 Å². The van der Waals surface area contributed by atoms with E-state index in [4.69, 9.17) is 31.5 Å². The van der Waals surface area contributed by atoms with Crippen molar-refractivity contribution in [3.8, 4) is 0 Å². The number of morpholine rings is 1. The molecule has 0 aliphatic carbocycles. The van der Waals surface area contributed by atoms with Gasteiger partial charge in [0.2, 0.25) is 5.96 Å². The summed E-state index contributed by atoms with van der Waals surface area (Å²) in [6.07, 6.45) is 0. The van der Waals surface area contributed by atoms with E-state index < -0.39 is 5.97 Å². The number of nitrogens with one attached hydrogen (secondary N) is 1. The molecule has 0 unspecified atom stereocenters. The fraction of sp³-hybridized carbons (Fsp3) is 0.625. The Morgan fingerprint density at radius 2 is 1.82 bits per heavy atom. The second-order valence-electron chi connectivity index (χ2n) is 2.98. The first-order valence-electron chi connectivity index (χ1n) is 4.64. The fourth-order valence-corrected chi connectivity index (χ4v) is 0.968. The zero-order valence-corrected chi connectivity index (χ0v) is 10.4. The molecule has 8 nitrogen and oxygen atoms in total. The Balaban J connectivity index is 0. The average Bonchev–Trinajstić information content (AvgIpc) is 2.17. The first kappa shape index (κ1) is 18.1. The number of nitrogens with zero attached hydrogens (tertiary/aromatic N) is 2. The maximum absolute atomic E-state index is 9.00. The fourth-order valence-electron chi connectivity index (χ4n) is 0.968. The van der Waals surface area contributed by atoms with Gasteiger partial charge < -0.3 is 26.2 Å². The number of rotatable bonds is 0. The molecule has 6 N–H and O–H groups in total. The number of carboxylic acids is 1. The largest absolute Gasteiger partial charge is 0.481 e. The van der Waals surface area contributed by atoms with Crippen LogP contribution < -0.4 is 11.5 Å². The summed E-state index contributed by atoms with van der Waals surface area (Å²) in [5.41, 5.74) is 10.3. The van der Waals surface area contributed by atoms with Crippen LogP contribution >= 0.6 is 0 Å². The number of ether oxygens (including phenoxy) is 1. The maximum Gasteiger partial charge on any atom is 0.300 e. The SMILES string of the molecule is CC(=O)O.N=C(N=C(N)N)N1CCOCC1.[Cu]. The van der Waals surface area contributed by atoms with Crippen LogP contribution in [0, 0.1) is 5.41 Å². The van der Waals surface area contributed by atoms with Crippen molar-refractivity contribution in [1.29, 1.82) is 5.41 Å². The molecule has 1 heterocycles. The smallest absolute Gasteiger partial charge is 0.300 e. The summed E-state index contributed by atoms with van der Waals surface area (Å²) in [4.78, 5) is 14.4. The van der Waals surface area contributed by atoms with E-state index in [1.807, 2.05) is 0 Å². The Labute approximate surface area is 110 Å². The number of nitrogens with two attached hydrogens (primary N) is 2. The Kier molecular flexibility index (Phi) is 10.5. The summed E-state index contributed by atoms with van der Waals surface area (Å²) in [5, 5.41) is 14.9. The summed E-state index contributed by atoms with van der Waals surface area (Å²) in [5.74, 6) is -0.801. The molecule has 0 aromatic carbocycles. The molecule has 1 fully saturated rings. The molecule has 1 aliphatic heterocycles. The van der Waals surface area contributed by atoms with Gasteiger partial charge in [0, 0.05) is 37.1 Å². The first-order valence-corrected chi connectivity index (χ1v) is 4.64. The summed E-state index contributed by atoms with van der Waals surface area (Å²) >= 11 is 0. The predicted octanol–water partition coefficient (Wildman–Crippen LogP) is -1.38. The van der Waals surface area contributed by atoms with E-state index in [0.29, 0.717) is 26.3 Å². The molecular weight excluding hydrogens is 278 g/mol. The molecule has 0 aromatic rings. The second-order valence-corrected chi connectivity index (χ2v) is 2.98. The van der Waals surface area contributed by atoms with Gasteiger partial charge in [-0.1, -0.05) is 0 Å². The van der Waals surface area contributed by atoms with Gasteiger partial charge in [-0.25, -0.2) is 0 Å². The minimum Gasteiger partial charge on any atom is -0.481 e. The summed E-state index contributed by atoms with van der Waals surface area (Å²) in [6, 6.07) is 0. The molecule has 0 aromatic heterocycles. The van der Waals surface area contributed by atoms with Crippen LogP contribution in [0.25, 0.3) is 0 Å². The van der Waals surface area contributed by atoms with Crippen LogP contribution in [0.4, 0.5) is 0 Å². The van der Waals surface area contributed by atoms with Crippen molar-refractivity contribution in [3.05, 3.63) is 0 Å². The van der Waals surface area contributed by atoms with E-state index in [9.17, 15) is 0 Å². The van der Waals surface area contributed by atoms with Gasteiger partial charge in [0.1, 0.15) is 0 Å². The molecule has 0 spiro atoms. The molecule has 9 heteroatoms. The Bertz CT molecular complexity index is 270. The Hall–Kier alpha value is -1.31. The molecule has 1 aliphatic rings. The van der Waals surface area contributed by atoms with E-state index in [2.05, 4.69) is 4.99 Å². The molecule has 103 valence electrons. The number of aliphatic imine (C=N–C) groups is 1. The number of carboxylic acid groups (broad SMARTS) is 1. The summed E-state index contributed by atoms with van der Waals surface area (Å²) < 4.78 is 5.11. The standard InChI is InChI=1S/C6H13N5O.C2H4O2.Cu/c7-5(8)10-6(9)11-1-3-12-4-2-11;1-2(3)4;/h1-4H2,(H5,7,8,9,10);1H3,(H,3,4);. The molecule has 0 bridgehead atoms. The van der Waals surface area contributed by atoms with Crippen molar-refractivity contribution in [2.45, 2.75) is 6.92 Å². The van der Waals surface area contributed by atoms with E-state index in [0.717, 1.165) is 6.92 Å². The zero-order chi connectivity index (χ0) is 12.6. The van der Waals surface area contributed by atoms with Crippen LogP contribution in [-0.4, -0.2) is 54.2 Å². The molecule has 1 rings (SSSR count). The second kappa shape index (κ2) is 9.88. The van der Waals surface area contributed by atoms with Crippen molar-refractivity contribution >= 4 is 17.9 Å². The monoisotopic (exact) mass is 294 g/mol. The Morgan fingerprint density at radius 3 is 2.18 bits per heavy atom. The molecule has 1 saturated heterocycles. The van der Waals surface area contributed by atoms with Crippen molar-refractivity contribution in [3.63, 3.8) is 0 Å². The van der Waals surface area contributed by atoms with Gasteiger partial charge in [0.25, 0.3) is 5.97 Å². The summed E-state index contributed by atoms with van der Waals surface area (Å²) in [6.45, 7) is 3.69. The van der Waals surface area contributed by atoms with Crippen molar-refractivity contribution in [2.75, 3.05) is 26.3 Å². The number of guanidine groups is 2. The van der Waals surface area contributed by atoms with Gasteiger partial charge >= 0.3 is 0 Å². The van der Waals surface area contributed by atoms with Crippen molar-refractivity contribution in [2.24, 2.45) is 16.5 Å². The van der Waals surface area contributed by atoms with Crippen LogP contribution in [0.5, 0.6) is 0 Å². The quantitative estimate of drug-likeness (QED) is 0.247. The van der Waals surface area contributed by atoms with Gasteiger partial charge in [-0.15, -0.1) is 0 Å². The zero-order valence-electron chi connectivity index (χ0n) is 9.44. The molecule has 0 atom stereocenters. The van der Waals surface area contributed by atoms with E-state index in [1.54, 1.807) is 4.90 Å². The van der Waals surface area contributed by atoms with Crippen LogP contribution in [0.1, 0.15) is 6.92 Å². The number of carbonyl (C=O) groups is 1. The van der Waals surface area contributed by atoms with E-state index in [1.165, 1.54) is 0 Å². The Morgan fingerprint density at radius 1 is 1.41 bits per heavy atom. The third-order valence-corrected chi connectivity index (χ3v) is 1.55. The molecule has 0 saturated carbocycles. The van der Waals surface area contributed by atoms with Crippen LogP contribution in [-0.2, 0) is 26.6 Å². The van der Waals surface area contributed by atoms with Gasteiger partial charge in [-0.2, -0.15) is 4.99 Å². The maximum atomic E-state index is 9.00. The third-order valence-electron chi connectivity index (χ3n) is 1.55. The minimum atomic E-state index is -0.833. The van der Waals surface area contributed by atoms with E-state index in [-0.39, 0.29) is 29.0 Å². The van der Waals surface area contributed by atoms with E-state index >= 15 is 0 Å². The van der Waals surface area contributed by atoms with Gasteiger partial charge in [-0.3, -0.25) is 10.2 Å². The predicted molar refractivity (Wildman–Crippen MR) is 59.2 cm³/mol. The minimum absolute atomic E-state index is 0. The first-order chi connectivity index (χ1) is 7.43. The normalized spacial score (nSPS) is 13.6. The third kappa shape index (κ3) is 11.0. The molecule has 0 amide bonds. The van der Waals surface area contributed by atoms with Crippen LogP contribution in [0.3, 0.4) is 0 Å². The van der Waals surface area contributed by atoms with Gasteiger partial charge in [0.05, 0.1) is 13.2 Å². The molecule has 17 heavy (non-hydrogen) atoms. The average molecular weight is 295 g/mol. The van der Waals surface area contributed by atoms with Crippen LogP contribution in [0.15, 0.2) is 4.99 Å². The number of hydrogen-bond donors (Lipinski definition) is 4. The van der Waals surface area contributed by atoms with Crippen molar-refractivity contribution in [1.82, 2.24) is 4.90 Å². The number of aliphatic carboxylic acids is 1. The molecular formula is C8H17CuN5O3. The summed E-state index contributed by atoms with van der Waals surface area (Å²) in [7, 11) is 0. The number of hydrogen-bond acceptors (Lipinski definition) is 3. The van der Waals surface area contributed by atoms with Crippen molar-refractivity contribution < 1.29 is 31.7 Å². The topological polar surface area (TPSA) is 138 Å². The molecule has 1 radical (unpaired) electrons.